The van der Waals surface area contributed by atoms with Crippen molar-refractivity contribution in [1.82, 2.24) is 0 Å². The van der Waals surface area contributed by atoms with Crippen molar-refractivity contribution in [2.24, 2.45) is 0 Å². The van der Waals surface area contributed by atoms with E-state index in [0.717, 1.165) is 11.1 Å². The normalized spacial score (nSPS) is 10.9. The number of hydrogen-bond donors (Lipinski definition) is 1. The molecule has 0 aliphatic rings. The number of anilines is 1. The molecule has 0 fully saturated rings. The summed E-state index contributed by atoms with van der Waals surface area (Å²) in [4.78, 5) is 12.6. The maximum absolute atomic E-state index is 12.6. The van der Waals surface area contributed by atoms with Gasteiger partial charge >= 0.3 is 0 Å². The lowest BCUT2D eigenvalue weighted by Crippen LogP contribution is -2.13. The zero-order valence-electron chi connectivity index (χ0n) is 19.4. The number of rotatable bonds is 8. The summed E-state index contributed by atoms with van der Waals surface area (Å²) in [6.45, 7) is 8.90. The molecule has 0 heterocycles. The van der Waals surface area contributed by atoms with Gasteiger partial charge in [0.05, 0.1) is 6.61 Å². The van der Waals surface area contributed by atoms with E-state index in [0.29, 0.717) is 36.0 Å². The van der Waals surface area contributed by atoms with Crippen LogP contribution in [0.2, 0.25) is 0 Å². The molecule has 3 aromatic carbocycles. The summed E-state index contributed by atoms with van der Waals surface area (Å²) in [5.41, 5.74) is 5.93. The van der Waals surface area contributed by atoms with Crippen molar-refractivity contribution in [2.45, 2.75) is 34.3 Å². The van der Waals surface area contributed by atoms with Crippen LogP contribution < -0.4 is 14.8 Å². The summed E-state index contributed by atoms with van der Waals surface area (Å²) in [5, 5.41) is 12.3. The lowest BCUT2D eigenvalue weighted by Gasteiger charge is -2.13. The second-order valence-electron chi connectivity index (χ2n) is 7.84. The summed E-state index contributed by atoms with van der Waals surface area (Å²) in [7, 11) is 0. The van der Waals surface area contributed by atoms with Gasteiger partial charge in [-0.05, 0) is 80.3 Å². The number of nitrogens with zero attached hydrogens (tertiary/aromatic N) is 1. The van der Waals surface area contributed by atoms with E-state index in [1.165, 1.54) is 11.1 Å². The highest BCUT2D eigenvalue weighted by Crippen LogP contribution is 2.30. The van der Waals surface area contributed by atoms with E-state index < -0.39 is 5.91 Å². The van der Waals surface area contributed by atoms with E-state index in [2.05, 4.69) is 31.3 Å². The molecule has 33 heavy (non-hydrogen) atoms. The lowest BCUT2D eigenvalue weighted by atomic mass is 10.1. The third-order valence-corrected chi connectivity index (χ3v) is 5.22. The third kappa shape index (κ3) is 6.47. The molecule has 0 aromatic heterocycles. The van der Waals surface area contributed by atoms with Crippen LogP contribution in [0.3, 0.4) is 0 Å². The van der Waals surface area contributed by atoms with Crippen LogP contribution in [-0.4, -0.2) is 12.5 Å². The van der Waals surface area contributed by atoms with Crippen LogP contribution in [0, 0.1) is 32.1 Å². The van der Waals surface area contributed by atoms with Gasteiger partial charge in [0, 0.05) is 5.69 Å². The topological polar surface area (TPSA) is 71.3 Å². The number of carbonyl (C=O) groups excluding carboxylic acids is 1. The Hall–Kier alpha value is -4.04. The third-order valence-electron chi connectivity index (χ3n) is 5.22. The predicted octanol–water partition coefficient (Wildman–Crippen LogP) is 6.14. The number of nitrogens with one attached hydrogen (secondary N) is 1. The summed E-state index contributed by atoms with van der Waals surface area (Å²) >= 11 is 0. The fraction of sp³-hybridized carbons (Fsp3) is 0.214. The maximum Gasteiger partial charge on any atom is 0.266 e. The van der Waals surface area contributed by atoms with Crippen molar-refractivity contribution in [3.05, 3.63) is 94.1 Å². The van der Waals surface area contributed by atoms with Gasteiger partial charge in [0.2, 0.25) is 0 Å². The predicted molar refractivity (Wildman–Crippen MR) is 131 cm³/mol. The zero-order valence-corrected chi connectivity index (χ0v) is 19.4. The van der Waals surface area contributed by atoms with E-state index in [4.69, 9.17) is 9.47 Å². The van der Waals surface area contributed by atoms with Crippen LogP contribution in [0.25, 0.3) is 6.08 Å². The monoisotopic (exact) mass is 440 g/mol. The smallest absolute Gasteiger partial charge is 0.266 e. The van der Waals surface area contributed by atoms with Gasteiger partial charge in [-0.1, -0.05) is 42.0 Å². The van der Waals surface area contributed by atoms with Crippen LogP contribution in [-0.2, 0) is 11.4 Å². The minimum absolute atomic E-state index is 0.00169. The Morgan fingerprint density at radius 1 is 0.939 bits per heavy atom. The van der Waals surface area contributed by atoms with Crippen LogP contribution in [0.5, 0.6) is 11.5 Å². The molecular formula is C28H28N2O3. The Morgan fingerprint density at radius 2 is 1.70 bits per heavy atom. The first-order valence-electron chi connectivity index (χ1n) is 10.8. The SMILES string of the molecule is CCOc1cc(/C=C(\C#N)C(=O)Nc2ccc(C)cc2)ccc1OCc1ccc(C)c(C)c1. The summed E-state index contributed by atoms with van der Waals surface area (Å²) in [6, 6.07) is 21.0. The molecule has 0 aliphatic heterocycles. The number of nitriles is 1. The number of ether oxygens (including phenoxy) is 2. The molecular weight excluding hydrogens is 412 g/mol. The minimum Gasteiger partial charge on any atom is -0.490 e. The average molecular weight is 441 g/mol. The summed E-state index contributed by atoms with van der Waals surface area (Å²) in [5.74, 6) is 0.704. The molecule has 3 rings (SSSR count). The molecule has 0 spiro atoms. The first-order valence-corrected chi connectivity index (χ1v) is 10.8. The largest absolute Gasteiger partial charge is 0.490 e. The maximum atomic E-state index is 12.6. The highest BCUT2D eigenvalue weighted by atomic mass is 16.5. The average Bonchev–Trinajstić information content (AvgIpc) is 2.80. The van der Waals surface area contributed by atoms with Crippen LogP contribution in [0.4, 0.5) is 5.69 Å². The Labute approximate surface area is 195 Å². The number of amides is 1. The standard InChI is InChI=1S/C28H28N2O3/c1-5-32-27-16-22(10-13-26(27)33-18-23-9-8-20(3)21(4)14-23)15-24(17-29)28(31)30-25-11-6-19(2)7-12-25/h6-16H,5,18H2,1-4H3,(H,30,31)/b24-15+. The number of aryl methyl sites for hydroxylation is 3. The molecule has 3 aromatic rings. The summed E-state index contributed by atoms with van der Waals surface area (Å²) in [6.07, 6.45) is 1.54. The number of hydrogen-bond acceptors (Lipinski definition) is 4. The van der Waals surface area contributed by atoms with Gasteiger partial charge in [0.15, 0.2) is 11.5 Å². The van der Waals surface area contributed by atoms with Gasteiger partial charge < -0.3 is 14.8 Å². The Kier molecular flexibility index (Phi) is 7.88. The molecule has 5 heteroatoms. The molecule has 1 N–H and O–H groups in total. The van der Waals surface area contributed by atoms with E-state index >= 15 is 0 Å². The molecule has 0 bridgehead atoms. The highest BCUT2D eigenvalue weighted by molar-refractivity contribution is 6.09. The van der Waals surface area contributed by atoms with Crippen LogP contribution >= 0.6 is 0 Å². The van der Waals surface area contributed by atoms with Gasteiger partial charge in [-0.15, -0.1) is 0 Å². The van der Waals surface area contributed by atoms with E-state index in [-0.39, 0.29) is 5.57 Å². The van der Waals surface area contributed by atoms with Crippen molar-refractivity contribution in [3.8, 4) is 17.6 Å². The molecule has 0 atom stereocenters. The lowest BCUT2D eigenvalue weighted by molar-refractivity contribution is -0.112. The molecule has 5 nitrogen and oxygen atoms in total. The first-order chi connectivity index (χ1) is 15.9. The van der Waals surface area contributed by atoms with Crippen LogP contribution in [0.15, 0.2) is 66.2 Å². The van der Waals surface area contributed by atoms with E-state index in [1.54, 1.807) is 36.4 Å². The number of benzene rings is 3. The molecule has 0 aliphatic carbocycles. The quantitative estimate of drug-likeness (QED) is 0.338. The van der Waals surface area contributed by atoms with Crippen molar-refractivity contribution >= 4 is 17.7 Å². The Bertz CT molecular complexity index is 1200. The second-order valence-corrected chi connectivity index (χ2v) is 7.84. The fourth-order valence-corrected chi connectivity index (χ4v) is 3.21. The molecule has 0 radical (unpaired) electrons. The summed E-state index contributed by atoms with van der Waals surface area (Å²) < 4.78 is 11.8. The molecule has 0 saturated carbocycles. The first kappa shape index (κ1) is 23.6. The molecule has 0 unspecified atom stereocenters. The van der Waals surface area contributed by atoms with Crippen molar-refractivity contribution in [3.63, 3.8) is 0 Å². The van der Waals surface area contributed by atoms with Gasteiger partial charge in [-0.3, -0.25) is 4.79 Å². The van der Waals surface area contributed by atoms with E-state index in [1.807, 2.05) is 38.1 Å². The Morgan fingerprint density at radius 3 is 2.36 bits per heavy atom. The minimum atomic E-state index is -0.464. The van der Waals surface area contributed by atoms with Gasteiger partial charge in [0.25, 0.3) is 5.91 Å². The van der Waals surface area contributed by atoms with E-state index in [9.17, 15) is 10.1 Å². The Balaban J connectivity index is 1.77. The van der Waals surface area contributed by atoms with Gasteiger partial charge in [-0.25, -0.2) is 0 Å². The van der Waals surface area contributed by atoms with Gasteiger partial charge in [-0.2, -0.15) is 5.26 Å². The van der Waals surface area contributed by atoms with Crippen molar-refractivity contribution in [1.29, 1.82) is 5.26 Å². The fourth-order valence-electron chi connectivity index (χ4n) is 3.21. The molecule has 0 saturated heterocycles. The van der Waals surface area contributed by atoms with Gasteiger partial charge in [0.1, 0.15) is 18.2 Å². The second kappa shape index (κ2) is 11.0. The van der Waals surface area contributed by atoms with Crippen LogP contribution in [0.1, 0.15) is 34.7 Å². The molecule has 1 amide bonds. The highest BCUT2D eigenvalue weighted by Gasteiger charge is 2.12. The molecule has 168 valence electrons. The van der Waals surface area contributed by atoms with Crippen molar-refractivity contribution in [2.75, 3.05) is 11.9 Å². The van der Waals surface area contributed by atoms with Crippen molar-refractivity contribution < 1.29 is 14.3 Å². The number of carbonyl (C=O) groups is 1. The zero-order chi connectivity index (χ0) is 23.8.